The maximum Gasteiger partial charge on any atom is 0.222 e. The van der Waals surface area contributed by atoms with E-state index in [0.717, 1.165) is 32.5 Å². The third-order valence-electron chi connectivity index (χ3n) is 5.03. The summed E-state index contributed by atoms with van der Waals surface area (Å²) in [4.78, 5) is 17.1. The molecule has 1 unspecified atom stereocenters. The number of nitrogens with zero attached hydrogens (tertiary/aromatic N) is 2. The first-order chi connectivity index (χ1) is 9.52. The van der Waals surface area contributed by atoms with E-state index in [2.05, 4.69) is 23.6 Å². The molecule has 0 aromatic heterocycles. The number of hydrogen-bond acceptors (Lipinski definition) is 3. The minimum absolute atomic E-state index is 0.192. The second-order valence-corrected chi connectivity index (χ2v) is 7.23. The predicted molar refractivity (Wildman–Crippen MR) is 82.5 cm³/mol. The van der Waals surface area contributed by atoms with Crippen LogP contribution in [0.2, 0.25) is 0 Å². The van der Waals surface area contributed by atoms with Crippen LogP contribution in [0.1, 0.15) is 52.4 Å². The van der Waals surface area contributed by atoms with Crippen LogP contribution < -0.4 is 5.73 Å². The third-order valence-corrected chi connectivity index (χ3v) is 5.03. The van der Waals surface area contributed by atoms with Crippen LogP contribution in [0.15, 0.2) is 0 Å². The summed E-state index contributed by atoms with van der Waals surface area (Å²) in [5.41, 5.74) is 5.83. The van der Waals surface area contributed by atoms with Gasteiger partial charge in [0.1, 0.15) is 0 Å². The summed E-state index contributed by atoms with van der Waals surface area (Å²) >= 11 is 0. The molecule has 116 valence electrons. The highest BCUT2D eigenvalue weighted by Gasteiger charge is 2.31. The molecule has 0 bridgehead atoms. The van der Waals surface area contributed by atoms with Gasteiger partial charge in [-0.05, 0) is 44.2 Å². The van der Waals surface area contributed by atoms with Crippen LogP contribution in [0.4, 0.5) is 0 Å². The summed E-state index contributed by atoms with van der Waals surface area (Å²) in [6.45, 7) is 9.32. The third kappa shape index (κ3) is 4.19. The molecule has 2 aliphatic heterocycles. The summed E-state index contributed by atoms with van der Waals surface area (Å²) in [6.07, 6.45) is 6.55. The highest BCUT2D eigenvalue weighted by atomic mass is 16.2. The molecular weight excluding hydrogens is 250 g/mol. The van der Waals surface area contributed by atoms with Gasteiger partial charge in [0.15, 0.2) is 0 Å². The van der Waals surface area contributed by atoms with E-state index in [4.69, 9.17) is 5.73 Å². The number of hydrogen-bond donors (Lipinski definition) is 1. The molecule has 4 heteroatoms. The Morgan fingerprint density at radius 1 is 1.20 bits per heavy atom. The number of rotatable bonds is 5. The maximum atomic E-state index is 12.4. The molecule has 1 atom stereocenters. The molecule has 20 heavy (non-hydrogen) atoms. The van der Waals surface area contributed by atoms with Crippen molar-refractivity contribution < 1.29 is 4.79 Å². The molecule has 2 aliphatic rings. The molecule has 4 nitrogen and oxygen atoms in total. The minimum Gasteiger partial charge on any atom is -0.340 e. The lowest BCUT2D eigenvalue weighted by Gasteiger charge is -2.44. The number of piperazine rings is 1. The number of carbonyl (C=O) groups is 1. The summed E-state index contributed by atoms with van der Waals surface area (Å²) in [5.74, 6) is 0.348. The van der Waals surface area contributed by atoms with E-state index >= 15 is 0 Å². The lowest BCUT2D eigenvalue weighted by atomic mass is 9.84. The molecule has 0 aromatic carbocycles. The van der Waals surface area contributed by atoms with Crippen molar-refractivity contribution >= 4 is 5.91 Å². The van der Waals surface area contributed by atoms with Gasteiger partial charge in [-0.25, -0.2) is 0 Å². The van der Waals surface area contributed by atoms with Gasteiger partial charge >= 0.3 is 0 Å². The van der Waals surface area contributed by atoms with Crippen LogP contribution in [0.3, 0.4) is 0 Å². The van der Waals surface area contributed by atoms with E-state index in [9.17, 15) is 4.79 Å². The van der Waals surface area contributed by atoms with Gasteiger partial charge in [-0.3, -0.25) is 9.69 Å². The first kappa shape index (κ1) is 15.8. The highest BCUT2D eigenvalue weighted by Crippen LogP contribution is 2.27. The maximum absolute atomic E-state index is 12.4. The normalized spacial score (nSPS) is 24.6. The first-order valence-electron chi connectivity index (χ1n) is 8.24. The fourth-order valence-corrected chi connectivity index (χ4v) is 3.50. The molecule has 2 fully saturated rings. The van der Waals surface area contributed by atoms with Crippen molar-refractivity contribution in [2.24, 2.45) is 11.1 Å². The number of nitrogens with two attached hydrogens (primary N) is 1. The van der Waals surface area contributed by atoms with Crippen molar-refractivity contribution in [3.8, 4) is 0 Å². The fraction of sp³-hybridized carbons (Fsp3) is 0.938. The monoisotopic (exact) mass is 281 g/mol. The topological polar surface area (TPSA) is 49.6 Å². The largest absolute Gasteiger partial charge is 0.340 e. The van der Waals surface area contributed by atoms with Crippen molar-refractivity contribution in [2.45, 2.75) is 58.4 Å². The second-order valence-electron chi connectivity index (χ2n) is 7.23. The fourth-order valence-electron chi connectivity index (χ4n) is 3.50. The zero-order valence-corrected chi connectivity index (χ0v) is 13.2. The summed E-state index contributed by atoms with van der Waals surface area (Å²) < 4.78 is 0. The van der Waals surface area contributed by atoms with Gasteiger partial charge < -0.3 is 10.6 Å². The summed E-state index contributed by atoms with van der Waals surface area (Å²) in [6, 6.07) is 0.624. The first-order valence-corrected chi connectivity index (χ1v) is 8.24. The molecule has 0 aliphatic carbocycles. The van der Waals surface area contributed by atoms with E-state index in [-0.39, 0.29) is 5.41 Å². The Labute approximate surface area is 123 Å². The van der Waals surface area contributed by atoms with Gasteiger partial charge in [0, 0.05) is 32.1 Å². The standard InChI is InChI=1S/C16H31N3O/c1-16(2,8-9-17)7-6-15(20)19-12-11-18-10-4-3-5-14(18)13-19/h14H,3-13,17H2,1-2H3. The smallest absolute Gasteiger partial charge is 0.222 e. The van der Waals surface area contributed by atoms with Crippen LogP contribution in [0.5, 0.6) is 0 Å². The molecule has 0 spiro atoms. The van der Waals surface area contributed by atoms with Gasteiger partial charge in [0.25, 0.3) is 0 Å². The summed E-state index contributed by atoms with van der Waals surface area (Å²) in [5, 5.41) is 0. The minimum atomic E-state index is 0.192. The Balaban J connectivity index is 1.78. The predicted octanol–water partition coefficient (Wildman–Crippen LogP) is 1.84. The Hall–Kier alpha value is -0.610. The van der Waals surface area contributed by atoms with Gasteiger partial charge in [-0.1, -0.05) is 20.3 Å². The molecule has 0 aromatic rings. The van der Waals surface area contributed by atoms with Crippen LogP contribution in [0, 0.1) is 5.41 Å². The number of carbonyl (C=O) groups excluding carboxylic acids is 1. The van der Waals surface area contributed by atoms with Crippen molar-refractivity contribution in [1.29, 1.82) is 0 Å². The van der Waals surface area contributed by atoms with Crippen LogP contribution in [0.25, 0.3) is 0 Å². The number of fused-ring (bicyclic) bond motifs is 1. The Kier molecular flexibility index (Phi) is 5.44. The average molecular weight is 281 g/mol. The number of piperidine rings is 1. The lowest BCUT2D eigenvalue weighted by Crippen LogP contribution is -2.56. The zero-order chi connectivity index (χ0) is 14.6. The van der Waals surface area contributed by atoms with Crippen molar-refractivity contribution in [3.05, 3.63) is 0 Å². The molecule has 2 rings (SSSR count). The SMILES string of the molecule is CC(C)(CCN)CCC(=O)N1CCN2CCCCC2C1. The quantitative estimate of drug-likeness (QED) is 0.836. The molecule has 2 saturated heterocycles. The van der Waals surface area contributed by atoms with Gasteiger partial charge in [-0.2, -0.15) is 0 Å². The lowest BCUT2D eigenvalue weighted by molar-refractivity contribution is -0.135. The zero-order valence-electron chi connectivity index (χ0n) is 13.2. The average Bonchev–Trinajstić information content (AvgIpc) is 2.44. The van der Waals surface area contributed by atoms with E-state index < -0.39 is 0 Å². The van der Waals surface area contributed by atoms with Gasteiger partial charge in [0.05, 0.1) is 0 Å². The van der Waals surface area contributed by atoms with Crippen molar-refractivity contribution in [3.63, 3.8) is 0 Å². The van der Waals surface area contributed by atoms with E-state index in [1.165, 1.54) is 25.8 Å². The highest BCUT2D eigenvalue weighted by molar-refractivity contribution is 5.76. The van der Waals surface area contributed by atoms with Gasteiger partial charge in [0.2, 0.25) is 5.91 Å². The molecule has 0 saturated carbocycles. The van der Waals surface area contributed by atoms with Crippen LogP contribution >= 0.6 is 0 Å². The van der Waals surface area contributed by atoms with E-state index in [0.29, 0.717) is 24.9 Å². The Morgan fingerprint density at radius 2 is 2.00 bits per heavy atom. The Morgan fingerprint density at radius 3 is 2.75 bits per heavy atom. The van der Waals surface area contributed by atoms with Crippen molar-refractivity contribution in [1.82, 2.24) is 9.80 Å². The molecular formula is C16H31N3O. The molecule has 2 N–H and O–H groups in total. The summed E-state index contributed by atoms with van der Waals surface area (Å²) in [7, 11) is 0. The van der Waals surface area contributed by atoms with E-state index in [1.807, 2.05) is 0 Å². The Bertz CT molecular complexity index is 330. The van der Waals surface area contributed by atoms with Crippen LogP contribution in [-0.4, -0.2) is 54.5 Å². The molecule has 2 heterocycles. The van der Waals surface area contributed by atoms with E-state index in [1.54, 1.807) is 0 Å². The molecule has 1 amide bonds. The van der Waals surface area contributed by atoms with Crippen molar-refractivity contribution in [2.75, 3.05) is 32.7 Å². The second kappa shape index (κ2) is 6.90. The molecule has 0 radical (unpaired) electrons. The van der Waals surface area contributed by atoms with Gasteiger partial charge in [-0.15, -0.1) is 0 Å². The number of amides is 1. The van der Waals surface area contributed by atoms with Crippen LogP contribution in [-0.2, 0) is 4.79 Å².